The Morgan fingerprint density at radius 3 is 2.23 bits per heavy atom. The van der Waals surface area contributed by atoms with Gasteiger partial charge in [-0.05, 0) is 48.9 Å². The summed E-state index contributed by atoms with van der Waals surface area (Å²) in [6.45, 7) is 1.78. The van der Waals surface area contributed by atoms with Crippen LogP contribution in [0.1, 0.15) is 26.3 Å². The zero-order valence-electron chi connectivity index (χ0n) is 16.4. The molecule has 0 aliphatic rings. The summed E-state index contributed by atoms with van der Waals surface area (Å²) >= 11 is 0. The number of amides is 1. The van der Waals surface area contributed by atoms with E-state index in [1.165, 1.54) is 37.4 Å². The van der Waals surface area contributed by atoms with E-state index in [-0.39, 0.29) is 21.7 Å². The molecule has 8 heteroatoms. The van der Waals surface area contributed by atoms with Crippen molar-refractivity contribution in [2.45, 2.75) is 11.8 Å². The summed E-state index contributed by atoms with van der Waals surface area (Å²) in [5, 5.41) is 2.73. The van der Waals surface area contributed by atoms with E-state index in [1.807, 2.05) is 0 Å². The molecule has 3 rings (SSSR count). The second kappa shape index (κ2) is 8.79. The van der Waals surface area contributed by atoms with Gasteiger partial charge in [0, 0.05) is 5.69 Å². The van der Waals surface area contributed by atoms with E-state index in [1.54, 1.807) is 49.4 Å². The van der Waals surface area contributed by atoms with Gasteiger partial charge in [0.1, 0.15) is 0 Å². The summed E-state index contributed by atoms with van der Waals surface area (Å²) in [6, 6.07) is 18.9. The number of rotatable bonds is 6. The molecule has 0 saturated heterocycles. The first-order valence-electron chi connectivity index (χ1n) is 8.99. The molecule has 0 radical (unpaired) electrons. The SMILES string of the molecule is COC(=O)c1ccc(C)c(NC(=O)c2ccccc2NS(=O)(=O)c2ccccc2)c1. The van der Waals surface area contributed by atoms with Crippen molar-refractivity contribution in [2.24, 2.45) is 0 Å². The van der Waals surface area contributed by atoms with Crippen molar-refractivity contribution in [1.29, 1.82) is 0 Å². The Morgan fingerprint density at radius 1 is 0.867 bits per heavy atom. The number of ether oxygens (including phenoxy) is 1. The van der Waals surface area contributed by atoms with Crippen LogP contribution in [0.3, 0.4) is 0 Å². The van der Waals surface area contributed by atoms with Crippen LogP contribution in [0.4, 0.5) is 11.4 Å². The lowest BCUT2D eigenvalue weighted by Gasteiger charge is -2.14. The molecule has 0 bridgehead atoms. The number of hydrogen-bond acceptors (Lipinski definition) is 5. The van der Waals surface area contributed by atoms with E-state index in [4.69, 9.17) is 4.74 Å². The summed E-state index contributed by atoms with van der Waals surface area (Å²) in [7, 11) is -2.59. The molecule has 0 fully saturated rings. The highest BCUT2D eigenvalue weighted by molar-refractivity contribution is 7.92. The van der Waals surface area contributed by atoms with E-state index in [2.05, 4.69) is 10.0 Å². The number of nitrogens with one attached hydrogen (secondary N) is 2. The van der Waals surface area contributed by atoms with Crippen molar-refractivity contribution in [1.82, 2.24) is 0 Å². The first-order chi connectivity index (χ1) is 14.3. The number of carbonyl (C=O) groups excluding carboxylic acids is 2. The quantitative estimate of drug-likeness (QED) is 0.586. The fraction of sp³-hybridized carbons (Fsp3) is 0.0909. The van der Waals surface area contributed by atoms with Gasteiger partial charge in [0.2, 0.25) is 0 Å². The van der Waals surface area contributed by atoms with Crippen LogP contribution < -0.4 is 10.0 Å². The molecule has 0 saturated carbocycles. The zero-order chi connectivity index (χ0) is 21.7. The molecule has 7 nitrogen and oxygen atoms in total. The van der Waals surface area contributed by atoms with Crippen molar-refractivity contribution in [2.75, 3.05) is 17.1 Å². The molecule has 1 amide bonds. The highest BCUT2D eigenvalue weighted by Crippen LogP contribution is 2.23. The summed E-state index contributed by atoms with van der Waals surface area (Å²) in [6.07, 6.45) is 0. The molecule has 3 aromatic rings. The van der Waals surface area contributed by atoms with Crippen LogP contribution in [0.15, 0.2) is 77.7 Å². The van der Waals surface area contributed by atoms with Crippen LogP contribution in [0.2, 0.25) is 0 Å². The summed E-state index contributed by atoms with van der Waals surface area (Å²) in [4.78, 5) is 24.7. The molecule has 0 atom stereocenters. The summed E-state index contributed by atoms with van der Waals surface area (Å²) < 4.78 is 32.5. The van der Waals surface area contributed by atoms with Gasteiger partial charge in [0.25, 0.3) is 15.9 Å². The van der Waals surface area contributed by atoms with E-state index in [0.717, 1.165) is 5.56 Å². The minimum absolute atomic E-state index is 0.0850. The van der Waals surface area contributed by atoms with Gasteiger partial charge in [-0.2, -0.15) is 0 Å². The monoisotopic (exact) mass is 424 g/mol. The van der Waals surface area contributed by atoms with E-state index >= 15 is 0 Å². The third-order valence-electron chi connectivity index (χ3n) is 4.38. The smallest absolute Gasteiger partial charge is 0.337 e. The van der Waals surface area contributed by atoms with Crippen molar-refractivity contribution >= 4 is 33.3 Å². The first-order valence-corrected chi connectivity index (χ1v) is 10.5. The average molecular weight is 424 g/mol. The number of carbonyl (C=O) groups is 2. The molecular formula is C22H20N2O5S. The Bertz CT molecular complexity index is 1190. The number of benzene rings is 3. The van der Waals surface area contributed by atoms with Gasteiger partial charge in [-0.25, -0.2) is 13.2 Å². The van der Waals surface area contributed by atoms with E-state index in [9.17, 15) is 18.0 Å². The third kappa shape index (κ3) is 4.66. The number of aryl methyl sites for hydroxylation is 1. The first kappa shape index (κ1) is 21.1. The number of para-hydroxylation sites is 1. The van der Waals surface area contributed by atoms with Crippen LogP contribution in [0, 0.1) is 6.92 Å². The second-order valence-electron chi connectivity index (χ2n) is 6.44. The lowest BCUT2D eigenvalue weighted by atomic mass is 10.1. The maximum atomic E-state index is 12.9. The van der Waals surface area contributed by atoms with E-state index in [0.29, 0.717) is 5.69 Å². The van der Waals surface area contributed by atoms with Gasteiger partial charge in [0.05, 0.1) is 28.8 Å². The van der Waals surface area contributed by atoms with Gasteiger partial charge >= 0.3 is 5.97 Å². The maximum Gasteiger partial charge on any atom is 0.337 e. The molecular weight excluding hydrogens is 404 g/mol. The molecule has 0 aliphatic heterocycles. The van der Waals surface area contributed by atoms with Gasteiger partial charge in [-0.1, -0.05) is 36.4 Å². The zero-order valence-corrected chi connectivity index (χ0v) is 17.2. The normalized spacial score (nSPS) is 10.9. The molecule has 154 valence electrons. The average Bonchev–Trinajstić information content (AvgIpc) is 2.75. The Kier molecular flexibility index (Phi) is 6.17. The predicted molar refractivity (Wildman–Crippen MR) is 114 cm³/mol. The molecule has 3 aromatic carbocycles. The van der Waals surface area contributed by atoms with Gasteiger partial charge in [-0.3, -0.25) is 9.52 Å². The summed E-state index contributed by atoms with van der Waals surface area (Å²) in [5.74, 6) is -1.05. The largest absolute Gasteiger partial charge is 0.465 e. The number of esters is 1. The van der Waals surface area contributed by atoms with Crippen LogP contribution in [0.5, 0.6) is 0 Å². The van der Waals surface area contributed by atoms with Crippen LogP contribution in [-0.2, 0) is 14.8 Å². The Morgan fingerprint density at radius 2 is 1.53 bits per heavy atom. The van der Waals surface area contributed by atoms with Gasteiger partial charge < -0.3 is 10.1 Å². The highest BCUT2D eigenvalue weighted by atomic mass is 32.2. The predicted octanol–water partition coefficient (Wildman–Crippen LogP) is 3.83. The van der Waals surface area contributed by atoms with Gasteiger partial charge in [0.15, 0.2) is 0 Å². The number of sulfonamides is 1. The fourth-order valence-corrected chi connectivity index (χ4v) is 3.87. The number of anilines is 2. The topological polar surface area (TPSA) is 102 Å². The van der Waals surface area contributed by atoms with Gasteiger partial charge in [-0.15, -0.1) is 0 Å². The standard InChI is InChI=1S/C22H20N2O5S/c1-15-12-13-16(22(26)29-2)14-20(15)23-21(25)18-10-6-7-11-19(18)24-30(27,28)17-8-4-3-5-9-17/h3-14,24H,1-2H3,(H,23,25). The molecule has 2 N–H and O–H groups in total. The second-order valence-corrected chi connectivity index (χ2v) is 8.12. The van der Waals surface area contributed by atoms with E-state index < -0.39 is 21.9 Å². The van der Waals surface area contributed by atoms with Crippen molar-refractivity contribution in [3.63, 3.8) is 0 Å². The van der Waals surface area contributed by atoms with Crippen LogP contribution in [0.25, 0.3) is 0 Å². The highest BCUT2D eigenvalue weighted by Gasteiger charge is 2.19. The van der Waals surface area contributed by atoms with Crippen LogP contribution >= 0.6 is 0 Å². The molecule has 0 aromatic heterocycles. The Labute approximate surface area is 174 Å². The molecule has 0 spiro atoms. The fourth-order valence-electron chi connectivity index (χ4n) is 2.76. The lowest BCUT2D eigenvalue weighted by Crippen LogP contribution is -2.19. The molecule has 0 aliphatic carbocycles. The minimum Gasteiger partial charge on any atom is -0.465 e. The van der Waals surface area contributed by atoms with Crippen molar-refractivity contribution in [3.8, 4) is 0 Å². The minimum atomic E-state index is -3.86. The molecule has 0 heterocycles. The Hall–Kier alpha value is -3.65. The summed E-state index contributed by atoms with van der Waals surface area (Å²) in [5.41, 5.74) is 1.72. The van der Waals surface area contributed by atoms with Crippen molar-refractivity contribution < 1.29 is 22.7 Å². The van der Waals surface area contributed by atoms with Crippen molar-refractivity contribution in [3.05, 3.63) is 89.5 Å². The lowest BCUT2D eigenvalue weighted by molar-refractivity contribution is 0.0600. The number of hydrogen-bond donors (Lipinski definition) is 2. The Balaban J connectivity index is 1.89. The molecule has 0 unspecified atom stereocenters. The maximum absolute atomic E-state index is 12.9. The number of methoxy groups -OCH3 is 1. The third-order valence-corrected chi connectivity index (χ3v) is 5.76. The molecule has 30 heavy (non-hydrogen) atoms. The van der Waals surface area contributed by atoms with Crippen LogP contribution in [-0.4, -0.2) is 27.4 Å².